The first-order valence-electron chi connectivity index (χ1n) is 18.6. The number of fused-ring (bicyclic) bond motifs is 1. The molecule has 0 bridgehead atoms. The molecule has 6 aromatic rings. The second-order valence-corrected chi connectivity index (χ2v) is 13.8. The van der Waals surface area contributed by atoms with Gasteiger partial charge in [0, 0.05) is 18.2 Å². The lowest BCUT2D eigenvalue weighted by atomic mass is 10.2. The maximum Gasteiger partial charge on any atom is 0.323 e. The molecular formula is C41H33Cl2N9O15. The van der Waals surface area contributed by atoms with Crippen molar-refractivity contribution in [3.8, 4) is 34.5 Å². The van der Waals surface area contributed by atoms with E-state index in [9.17, 15) is 60.0 Å². The van der Waals surface area contributed by atoms with Gasteiger partial charge < -0.3 is 61.4 Å². The second-order valence-electron chi connectivity index (χ2n) is 13.0. The molecule has 0 radical (unpaired) electrons. The van der Waals surface area contributed by atoms with Crippen LogP contribution in [0.4, 0.5) is 65.6 Å². The molecule has 24 nitrogen and oxygen atoms in total. The summed E-state index contributed by atoms with van der Waals surface area (Å²) in [5.74, 6) is -0.0214. The van der Waals surface area contributed by atoms with Gasteiger partial charge in [-0.05, 0) is 54.6 Å². The molecule has 0 spiro atoms. The van der Waals surface area contributed by atoms with Crippen LogP contribution in [0, 0.1) is 30.3 Å². The number of non-ortho nitro benzene ring substituents is 3. The van der Waals surface area contributed by atoms with Gasteiger partial charge in [-0.3, -0.25) is 30.3 Å². The number of nitro groups is 3. The van der Waals surface area contributed by atoms with Crippen LogP contribution in [0.25, 0.3) is 0 Å². The number of nitrogens with one attached hydrogen (secondary N) is 6. The normalized spacial score (nSPS) is 10.6. The minimum atomic E-state index is -0.672. The van der Waals surface area contributed by atoms with E-state index in [-0.39, 0.29) is 46.7 Å². The van der Waals surface area contributed by atoms with Gasteiger partial charge in [0.05, 0.1) is 84.2 Å². The first-order chi connectivity index (χ1) is 31.9. The number of benzene rings is 6. The van der Waals surface area contributed by atoms with Crippen molar-refractivity contribution < 1.29 is 58.7 Å². The SMILES string of the molecule is COc1c(Cl)cccc1NC(=O)Nc1ccc([N+](=O)[O-])cc1O.O=C(Nc1ccc([N+](=O)[O-])cc1O)Nc1cccc2c1OCO2.O=C(Nc1ccc([N+](=O)[O-])cc1O)Nc1ccccc1Cl. The number of amides is 6. The smallest absolute Gasteiger partial charge is 0.323 e. The quantitative estimate of drug-likeness (QED) is 0.0350. The number of para-hydroxylation sites is 3. The number of urea groups is 3. The number of phenolic OH excluding ortho intramolecular Hbond substituents is 3. The number of rotatable bonds is 10. The van der Waals surface area contributed by atoms with E-state index in [4.69, 9.17) is 37.4 Å². The molecular weight excluding hydrogens is 929 g/mol. The number of anilines is 6. The summed E-state index contributed by atoms with van der Waals surface area (Å²) < 4.78 is 15.5. The van der Waals surface area contributed by atoms with Gasteiger partial charge in [0.25, 0.3) is 17.1 Å². The van der Waals surface area contributed by atoms with Gasteiger partial charge in [-0.25, -0.2) is 14.4 Å². The number of methoxy groups -OCH3 is 1. The molecule has 7 rings (SSSR count). The predicted octanol–water partition coefficient (Wildman–Crippen LogP) is 9.88. The van der Waals surface area contributed by atoms with Gasteiger partial charge in [0.1, 0.15) is 17.2 Å². The Labute approximate surface area is 386 Å². The summed E-state index contributed by atoms with van der Waals surface area (Å²) in [5.41, 5.74) is 0.405. The predicted molar refractivity (Wildman–Crippen MR) is 244 cm³/mol. The van der Waals surface area contributed by atoms with Crippen LogP contribution < -0.4 is 46.1 Å². The third-order valence-electron chi connectivity index (χ3n) is 8.51. The zero-order valence-electron chi connectivity index (χ0n) is 34.0. The Morgan fingerprint density at radius 3 is 1.36 bits per heavy atom. The first-order valence-corrected chi connectivity index (χ1v) is 19.3. The number of carbonyl (C=O) groups is 3. The lowest BCUT2D eigenvalue weighted by Gasteiger charge is -2.12. The Morgan fingerprint density at radius 1 is 0.522 bits per heavy atom. The summed E-state index contributed by atoms with van der Waals surface area (Å²) in [6, 6.07) is 24.6. The van der Waals surface area contributed by atoms with E-state index in [2.05, 4.69) is 31.9 Å². The summed E-state index contributed by atoms with van der Waals surface area (Å²) in [6.45, 7) is 0.0682. The fraction of sp³-hybridized carbons (Fsp3) is 0.0488. The van der Waals surface area contributed by atoms with Crippen LogP contribution >= 0.6 is 23.2 Å². The molecule has 0 aliphatic carbocycles. The zero-order valence-corrected chi connectivity index (χ0v) is 35.5. The van der Waals surface area contributed by atoms with Crippen molar-refractivity contribution in [2.45, 2.75) is 0 Å². The molecule has 1 aliphatic rings. The minimum absolute atomic E-state index is 0.0223. The van der Waals surface area contributed by atoms with E-state index in [0.29, 0.717) is 38.6 Å². The van der Waals surface area contributed by atoms with Crippen molar-refractivity contribution in [1.82, 2.24) is 0 Å². The van der Waals surface area contributed by atoms with Crippen LogP contribution in [0.1, 0.15) is 0 Å². The van der Waals surface area contributed by atoms with Gasteiger partial charge in [-0.1, -0.05) is 47.5 Å². The molecule has 0 atom stereocenters. The lowest BCUT2D eigenvalue weighted by molar-refractivity contribution is -0.385. The number of phenols is 3. The van der Waals surface area contributed by atoms with Crippen LogP contribution in [0.2, 0.25) is 10.0 Å². The summed E-state index contributed by atoms with van der Waals surface area (Å²) in [7, 11) is 1.41. The van der Waals surface area contributed by atoms with Crippen LogP contribution in [0.3, 0.4) is 0 Å². The highest BCUT2D eigenvalue weighted by molar-refractivity contribution is 6.34. The highest BCUT2D eigenvalue weighted by Gasteiger charge is 2.20. The van der Waals surface area contributed by atoms with E-state index in [1.54, 1.807) is 60.7 Å². The molecule has 0 fully saturated rings. The van der Waals surface area contributed by atoms with Gasteiger partial charge in [0.2, 0.25) is 6.79 Å². The van der Waals surface area contributed by atoms with Crippen LogP contribution in [0.15, 0.2) is 115 Å². The van der Waals surface area contributed by atoms with Crippen molar-refractivity contribution in [3.05, 3.63) is 156 Å². The van der Waals surface area contributed by atoms with E-state index < -0.39 is 50.1 Å². The lowest BCUT2D eigenvalue weighted by Crippen LogP contribution is -2.20. The number of hydrogen-bond donors (Lipinski definition) is 9. The summed E-state index contributed by atoms with van der Waals surface area (Å²) >= 11 is 11.8. The minimum Gasteiger partial charge on any atom is -0.506 e. The number of halogens is 2. The van der Waals surface area contributed by atoms with Crippen LogP contribution in [-0.4, -0.2) is 62.1 Å². The monoisotopic (exact) mass is 961 g/mol. The van der Waals surface area contributed by atoms with E-state index >= 15 is 0 Å². The van der Waals surface area contributed by atoms with Gasteiger partial charge in [-0.2, -0.15) is 0 Å². The number of ether oxygens (including phenoxy) is 3. The Morgan fingerprint density at radius 2 is 0.910 bits per heavy atom. The fourth-order valence-electron chi connectivity index (χ4n) is 5.45. The third-order valence-corrected chi connectivity index (χ3v) is 9.13. The number of hydrogen-bond acceptors (Lipinski definition) is 15. The fourth-order valence-corrected chi connectivity index (χ4v) is 5.89. The molecule has 0 saturated carbocycles. The second kappa shape index (κ2) is 22.4. The maximum absolute atomic E-state index is 12.0. The van der Waals surface area contributed by atoms with Crippen molar-refractivity contribution in [3.63, 3.8) is 0 Å². The molecule has 0 saturated heterocycles. The van der Waals surface area contributed by atoms with Gasteiger partial charge in [0.15, 0.2) is 17.2 Å². The molecule has 9 N–H and O–H groups in total. The largest absolute Gasteiger partial charge is 0.506 e. The Kier molecular flexibility index (Phi) is 16.3. The van der Waals surface area contributed by atoms with Gasteiger partial charge in [-0.15, -0.1) is 0 Å². The van der Waals surface area contributed by atoms with E-state index in [1.807, 2.05) is 0 Å². The van der Waals surface area contributed by atoms with Crippen LogP contribution in [-0.2, 0) is 0 Å². The zero-order chi connectivity index (χ0) is 48.8. The highest BCUT2D eigenvalue weighted by Crippen LogP contribution is 2.39. The molecule has 0 aromatic heterocycles. The Hall–Kier alpha value is -9.29. The third kappa shape index (κ3) is 13.4. The molecule has 6 aromatic carbocycles. The Bertz CT molecular complexity index is 2780. The topological polar surface area (TPSA) is 341 Å². The summed E-state index contributed by atoms with van der Waals surface area (Å²) in [4.78, 5) is 65.5. The van der Waals surface area contributed by atoms with E-state index in [0.717, 1.165) is 24.3 Å². The van der Waals surface area contributed by atoms with Gasteiger partial charge >= 0.3 is 18.1 Å². The molecule has 0 unspecified atom stereocenters. The molecule has 1 heterocycles. The summed E-state index contributed by atoms with van der Waals surface area (Å²) in [6.07, 6.45) is 0. The number of carbonyl (C=O) groups excluding carboxylic acids is 3. The average Bonchev–Trinajstić information content (AvgIpc) is 3.77. The molecule has 67 heavy (non-hydrogen) atoms. The molecule has 1 aliphatic heterocycles. The summed E-state index contributed by atoms with van der Waals surface area (Å²) in [5, 5.41) is 76.2. The number of nitro benzene ring substituents is 3. The highest BCUT2D eigenvalue weighted by atomic mass is 35.5. The van der Waals surface area contributed by atoms with Crippen molar-refractivity contribution >= 4 is 92.5 Å². The number of nitrogens with zero attached hydrogens (tertiary/aromatic N) is 3. The average molecular weight is 963 g/mol. The number of aromatic hydroxyl groups is 3. The Balaban J connectivity index is 0.000000188. The molecule has 6 amide bonds. The van der Waals surface area contributed by atoms with Crippen LogP contribution in [0.5, 0.6) is 34.5 Å². The maximum atomic E-state index is 12.0. The van der Waals surface area contributed by atoms with Crippen molar-refractivity contribution in [2.24, 2.45) is 0 Å². The molecule has 26 heteroatoms. The van der Waals surface area contributed by atoms with Crippen molar-refractivity contribution in [2.75, 3.05) is 45.8 Å². The van der Waals surface area contributed by atoms with Crippen molar-refractivity contribution in [1.29, 1.82) is 0 Å². The van der Waals surface area contributed by atoms with E-state index in [1.165, 1.54) is 37.4 Å². The standard InChI is InChI=1S/C14H12ClN3O5.C14H11N3O6.C13H10ClN3O4/c1-23-13-9(15)3-2-4-11(13)17-14(20)16-10-6-5-8(18(21)22)7-12(10)19;18-11-6-8(17(20)21)4-5-9(11)15-14(19)16-10-2-1-3-12-13(10)23-7-22-12;14-9-3-1-2-4-10(9)15-13(19)16-11-6-5-8(17(20)21)7-12(11)18/h2-7,19H,1H3,(H2,16,17,20);1-6,18H,7H2,(H2,15,16,19);1-7,18H,(H2,15,16,19). The first kappa shape index (κ1) is 48.7. The molecule has 346 valence electrons.